The van der Waals surface area contributed by atoms with Crippen LogP contribution < -0.4 is 11.1 Å². The van der Waals surface area contributed by atoms with E-state index in [-0.39, 0.29) is 0 Å². The first kappa shape index (κ1) is 10.5. The van der Waals surface area contributed by atoms with Gasteiger partial charge in [-0.1, -0.05) is 6.42 Å². The second-order valence-corrected chi connectivity index (χ2v) is 4.11. The predicted octanol–water partition coefficient (Wildman–Crippen LogP) is 0.694. The van der Waals surface area contributed by atoms with E-state index < -0.39 is 0 Å². The standard InChI is InChI=1S/C11H18N4/c12-6-9-2-1-3-11(9)14-7-10-4-5-13-8-15-10/h4-5,8-9,11,14H,1-3,6-7,12H2. The van der Waals surface area contributed by atoms with Crippen molar-refractivity contribution in [3.8, 4) is 0 Å². The highest BCUT2D eigenvalue weighted by atomic mass is 15.0. The number of nitrogens with two attached hydrogens (primary N) is 1. The first-order chi connectivity index (χ1) is 7.40. The summed E-state index contributed by atoms with van der Waals surface area (Å²) in [5.41, 5.74) is 6.78. The molecular formula is C11H18N4. The van der Waals surface area contributed by atoms with Gasteiger partial charge >= 0.3 is 0 Å². The first-order valence-corrected chi connectivity index (χ1v) is 5.58. The molecule has 0 spiro atoms. The topological polar surface area (TPSA) is 63.8 Å². The van der Waals surface area contributed by atoms with Crippen molar-refractivity contribution in [3.05, 3.63) is 24.3 Å². The van der Waals surface area contributed by atoms with E-state index >= 15 is 0 Å². The molecule has 1 aliphatic rings. The zero-order chi connectivity index (χ0) is 10.5. The number of hydrogen-bond donors (Lipinski definition) is 2. The van der Waals surface area contributed by atoms with Gasteiger partial charge in [0.05, 0.1) is 5.69 Å². The van der Waals surface area contributed by atoms with Crippen molar-refractivity contribution in [3.63, 3.8) is 0 Å². The van der Waals surface area contributed by atoms with Crippen LogP contribution in [0.1, 0.15) is 25.0 Å². The minimum atomic E-state index is 0.574. The Balaban J connectivity index is 1.83. The SMILES string of the molecule is NCC1CCCC1NCc1ccncn1. The normalized spacial score (nSPS) is 25.7. The van der Waals surface area contributed by atoms with Crippen LogP contribution in [0.5, 0.6) is 0 Å². The van der Waals surface area contributed by atoms with E-state index in [4.69, 9.17) is 5.73 Å². The van der Waals surface area contributed by atoms with Gasteiger partial charge in [0, 0.05) is 18.8 Å². The molecule has 1 aliphatic carbocycles. The van der Waals surface area contributed by atoms with Crippen LogP contribution >= 0.6 is 0 Å². The van der Waals surface area contributed by atoms with Gasteiger partial charge in [-0.2, -0.15) is 0 Å². The molecule has 15 heavy (non-hydrogen) atoms. The highest BCUT2D eigenvalue weighted by Gasteiger charge is 2.25. The molecule has 1 fully saturated rings. The van der Waals surface area contributed by atoms with Crippen molar-refractivity contribution in [2.75, 3.05) is 6.54 Å². The molecule has 4 nitrogen and oxygen atoms in total. The van der Waals surface area contributed by atoms with Gasteiger partial charge in [-0.25, -0.2) is 9.97 Å². The molecule has 4 heteroatoms. The van der Waals surface area contributed by atoms with Crippen molar-refractivity contribution in [2.45, 2.75) is 31.8 Å². The summed E-state index contributed by atoms with van der Waals surface area (Å²) >= 11 is 0. The van der Waals surface area contributed by atoms with E-state index in [1.54, 1.807) is 12.5 Å². The fourth-order valence-corrected chi connectivity index (χ4v) is 2.25. The quantitative estimate of drug-likeness (QED) is 0.761. The summed E-state index contributed by atoms with van der Waals surface area (Å²) in [6.07, 6.45) is 7.17. The molecule has 0 amide bonds. The number of aromatic nitrogens is 2. The number of nitrogens with zero attached hydrogens (tertiary/aromatic N) is 2. The van der Waals surface area contributed by atoms with Gasteiger partial charge in [0.1, 0.15) is 6.33 Å². The molecule has 2 atom stereocenters. The van der Waals surface area contributed by atoms with E-state index in [9.17, 15) is 0 Å². The second-order valence-electron chi connectivity index (χ2n) is 4.11. The third-order valence-corrected chi connectivity index (χ3v) is 3.15. The highest BCUT2D eigenvalue weighted by molar-refractivity contribution is 4.98. The Hall–Kier alpha value is -1.00. The fraction of sp³-hybridized carbons (Fsp3) is 0.636. The van der Waals surface area contributed by atoms with Gasteiger partial charge in [-0.3, -0.25) is 0 Å². The predicted molar refractivity (Wildman–Crippen MR) is 59.1 cm³/mol. The van der Waals surface area contributed by atoms with Crippen molar-refractivity contribution in [1.29, 1.82) is 0 Å². The summed E-state index contributed by atoms with van der Waals surface area (Å²) in [5.74, 6) is 0.645. The van der Waals surface area contributed by atoms with Crippen LogP contribution in [0.2, 0.25) is 0 Å². The van der Waals surface area contributed by atoms with E-state index in [0.29, 0.717) is 12.0 Å². The molecular weight excluding hydrogens is 188 g/mol. The van der Waals surface area contributed by atoms with E-state index in [1.165, 1.54) is 19.3 Å². The maximum absolute atomic E-state index is 5.73. The molecule has 1 saturated carbocycles. The smallest absolute Gasteiger partial charge is 0.115 e. The van der Waals surface area contributed by atoms with Crippen LogP contribution in [0.3, 0.4) is 0 Å². The Morgan fingerprint density at radius 2 is 2.40 bits per heavy atom. The summed E-state index contributed by atoms with van der Waals surface area (Å²) in [4.78, 5) is 8.08. The van der Waals surface area contributed by atoms with Gasteiger partial charge in [-0.15, -0.1) is 0 Å². The third kappa shape index (κ3) is 2.73. The summed E-state index contributed by atoms with van der Waals surface area (Å²) in [6.45, 7) is 1.62. The summed E-state index contributed by atoms with van der Waals surface area (Å²) in [7, 11) is 0. The number of hydrogen-bond acceptors (Lipinski definition) is 4. The van der Waals surface area contributed by atoms with Crippen LogP contribution in [0.15, 0.2) is 18.6 Å². The Kier molecular flexibility index (Phi) is 3.64. The molecule has 2 unspecified atom stereocenters. The maximum atomic E-state index is 5.73. The van der Waals surface area contributed by atoms with Crippen LogP contribution in [0.4, 0.5) is 0 Å². The van der Waals surface area contributed by atoms with Gasteiger partial charge in [0.15, 0.2) is 0 Å². The minimum Gasteiger partial charge on any atom is -0.330 e. The van der Waals surface area contributed by atoms with Crippen LogP contribution in [0.25, 0.3) is 0 Å². The lowest BCUT2D eigenvalue weighted by Gasteiger charge is -2.19. The summed E-state index contributed by atoms with van der Waals surface area (Å²) in [6, 6.07) is 2.52. The molecule has 0 saturated heterocycles. The summed E-state index contributed by atoms with van der Waals surface area (Å²) < 4.78 is 0. The zero-order valence-corrected chi connectivity index (χ0v) is 8.89. The van der Waals surface area contributed by atoms with Crippen molar-refractivity contribution >= 4 is 0 Å². The molecule has 1 aromatic rings. The Labute approximate surface area is 90.3 Å². The lowest BCUT2D eigenvalue weighted by Crippen LogP contribution is -2.35. The van der Waals surface area contributed by atoms with Gasteiger partial charge < -0.3 is 11.1 Å². The largest absolute Gasteiger partial charge is 0.330 e. The first-order valence-electron chi connectivity index (χ1n) is 5.58. The fourth-order valence-electron chi connectivity index (χ4n) is 2.25. The third-order valence-electron chi connectivity index (χ3n) is 3.15. The highest BCUT2D eigenvalue weighted by Crippen LogP contribution is 2.24. The molecule has 0 bridgehead atoms. The van der Waals surface area contributed by atoms with Gasteiger partial charge in [0.25, 0.3) is 0 Å². The maximum Gasteiger partial charge on any atom is 0.115 e. The molecule has 1 aromatic heterocycles. The molecule has 1 heterocycles. The van der Waals surface area contributed by atoms with Crippen molar-refractivity contribution in [1.82, 2.24) is 15.3 Å². The number of rotatable bonds is 4. The number of nitrogens with one attached hydrogen (secondary N) is 1. The Morgan fingerprint density at radius 3 is 3.13 bits per heavy atom. The van der Waals surface area contributed by atoms with Gasteiger partial charge in [-0.05, 0) is 31.4 Å². The van der Waals surface area contributed by atoms with E-state index in [0.717, 1.165) is 18.8 Å². The Morgan fingerprint density at radius 1 is 1.47 bits per heavy atom. The zero-order valence-electron chi connectivity index (χ0n) is 8.89. The second kappa shape index (κ2) is 5.19. The van der Waals surface area contributed by atoms with Gasteiger partial charge in [0.2, 0.25) is 0 Å². The molecule has 82 valence electrons. The lowest BCUT2D eigenvalue weighted by molar-refractivity contribution is 0.404. The monoisotopic (exact) mass is 206 g/mol. The molecule has 2 rings (SSSR count). The molecule has 0 aromatic carbocycles. The van der Waals surface area contributed by atoms with Crippen molar-refractivity contribution in [2.24, 2.45) is 11.7 Å². The molecule has 0 radical (unpaired) electrons. The Bertz CT molecular complexity index is 288. The van der Waals surface area contributed by atoms with E-state index in [1.807, 2.05) is 6.07 Å². The summed E-state index contributed by atoms with van der Waals surface area (Å²) in [5, 5.41) is 3.53. The van der Waals surface area contributed by atoms with Crippen molar-refractivity contribution < 1.29 is 0 Å². The van der Waals surface area contributed by atoms with E-state index in [2.05, 4.69) is 15.3 Å². The molecule has 0 aliphatic heterocycles. The minimum absolute atomic E-state index is 0.574. The molecule has 3 N–H and O–H groups in total. The lowest BCUT2D eigenvalue weighted by atomic mass is 10.0. The van der Waals surface area contributed by atoms with Crippen LogP contribution in [0, 0.1) is 5.92 Å². The van der Waals surface area contributed by atoms with Crippen LogP contribution in [-0.4, -0.2) is 22.6 Å². The average Bonchev–Trinajstić information content (AvgIpc) is 2.75. The van der Waals surface area contributed by atoms with Crippen LogP contribution in [-0.2, 0) is 6.54 Å². The average molecular weight is 206 g/mol.